The molecule has 2 atom stereocenters. The number of nitrogens with zero attached hydrogens (tertiary/aromatic N) is 2. The highest BCUT2D eigenvalue weighted by Gasteiger charge is 2.38. The van der Waals surface area contributed by atoms with Crippen LogP contribution >= 0.6 is 23.5 Å². The summed E-state index contributed by atoms with van der Waals surface area (Å²) in [5.41, 5.74) is 0. The molecule has 0 aliphatic carbocycles. The van der Waals surface area contributed by atoms with Crippen LogP contribution in [-0.4, -0.2) is 46.2 Å². The van der Waals surface area contributed by atoms with Crippen molar-refractivity contribution in [2.75, 3.05) is 24.6 Å². The molecule has 0 bridgehead atoms. The molecule has 24 heavy (non-hydrogen) atoms. The Hall–Kier alpha value is -1.80. The Morgan fingerprint density at radius 1 is 0.875 bits per heavy atom. The maximum atomic E-state index is 12.2. The van der Waals surface area contributed by atoms with Gasteiger partial charge in [0.2, 0.25) is 11.8 Å². The lowest BCUT2D eigenvalue weighted by Gasteiger charge is -2.27. The van der Waals surface area contributed by atoms with E-state index >= 15 is 0 Å². The van der Waals surface area contributed by atoms with E-state index in [4.69, 9.17) is 8.83 Å². The van der Waals surface area contributed by atoms with Crippen molar-refractivity contribution in [3.63, 3.8) is 0 Å². The molecule has 2 aromatic heterocycles. The first-order valence-corrected chi connectivity index (χ1v) is 9.73. The first-order chi connectivity index (χ1) is 11.7. The number of thioether (sulfide) groups is 2. The van der Waals surface area contributed by atoms with Crippen LogP contribution in [0.15, 0.2) is 45.6 Å². The van der Waals surface area contributed by atoms with Gasteiger partial charge in [0.25, 0.3) is 0 Å². The van der Waals surface area contributed by atoms with Crippen molar-refractivity contribution in [1.29, 1.82) is 0 Å². The van der Waals surface area contributed by atoms with Gasteiger partial charge in [0.15, 0.2) is 0 Å². The zero-order chi connectivity index (χ0) is 16.5. The maximum absolute atomic E-state index is 12.2. The Kier molecular flexibility index (Phi) is 4.32. The van der Waals surface area contributed by atoms with Crippen molar-refractivity contribution in [2.24, 2.45) is 0 Å². The number of carbonyl (C=O) groups excluding carboxylic acids is 2. The summed E-state index contributed by atoms with van der Waals surface area (Å²) in [5.74, 6) is 2.59. The Morgan fingerprint density at radius 3 is 1.71 bits per heavy atom. The van der Waals surface area contributed by atoms with E-state index in [1.54, 1.807) is 45.8 Å². The van der Waals surface area contributed by atoms with E-state index in [0.29, 0.717) is 24.6 Å². The average molecular weight is 364 g/mol. The van der Waals surface area contributed by atoms with Crippen LogP contribution in [0.4, 0.5) is 0 Å². The molecular weight excluding hydrogens is 348 g/mol. The lowest BCUT2D eigenvalue weighted by Crippen LogP contribution is -2.38. The Balaban J connectivity index is 1.46. The molecule has 0 aromatic carbocycles. The van der Waals surface area contributed by atoms with Crippen molar-refractivity contribution >= 4 is 35.3 Å². The highest BCUT2D eigenvalue weighted by molar-refractivity contribution is 8.00. The van der Waals surface area contributed by atoms with Crippen molar-refractivity contribution in [3.05, 3.63) is 48.3 Å². The van der Waals surface area contributed by atoms with Crippen molar-refractivity contribution in [2.45, 2.75) is 10.7 Å². The average Bonchev–Trinajstić information content (AvgIpc) is 3.33. The number of furan rings is 2. The van der Waals surface area contributed by atoms with Gasteiger partial charge in [-0.15, -0.1) is 23.5 Å². The summed E-state index contributed by atoms with van der Waals surface area (Å²) in [6.07, 6.45) is 3.23. The summed E-state index contributed by atoms with van der Waals surface area (Å²) in [6.45, 7) is 0.974. The maximum Gasteiger partial charge on any atom is 0.233 e. The molecule has 126 valence electrons. The van der Waals surface area contributed by atoms with E-state index in [1.165, 1.54) is 0 Å². The van der Waals surface area contributed by atoms with Gasteiger partial charge in [0.05, 0.1) is 24.0 Å². The van der Waals surface area contributed by atoms with Crippen molar-refractivity contribution in [3.8, 4) is 0 Å². The number of hydrogen-bond donors (Lipinski definition) is 0. The SMILES string of the molecule is O=C1CS[C@H](c2ccco2)N1CCN1C(=O)CS[C@H]1c1ccco1. The fourth-order valence-electron chi connectivity index (χ4n) is 2.94. The Morgan fingerprint density at radius 2 is 1.33 bits per heavy atom. The standard InChI is InChI=1S/C16H16N2O4S2/c19-13-9-23-15(11-3-1-7-21-11)17(13)5-6-18-14(20)10-24-16(18)12-4-2-8-22-12/h1-4,7-8,15-16H,5-6,9-10H2/t15-,16+. The lowest BCUT2D eigenvalue weighted by atomic mass is 10.3. The van der Waals surface area contributed by atoms with Crippen LogP contribution < -0.4 is 0 Å². The second kappa shape index (κ2) is 6.60. The van der Waals surface area contributed by atoms with Crippen LogP contribution in [-0.2, 0) is 9.59 Å². The quantitative estimate of drug-likeness (QED) is 0.813. The fourth-order valence-corrected chi connectivity index (χ4v) is 5.28. The molecule has 0 radical (unpaired) electrons. The van der Waals surface area contributed by atoms with E-state index in [2.05, 4.69) is 0 Å². The van der Waals surface area contributed by atoms with Gasteiger partial charge in [-0.1, -0.05) is 0 Å². The van der Waals surface area contributed by atoms with Gasteiger partial charge in [-0.2, -0.15) is 0 Å². The molecule has 0 saturated carbocycles. The van der Waals surface area contributed by atoms with Gasteiger partial charge < -0.3 is 18.6 Å². The molecule has 4 heterocycles. The molecule has 2 aromatic rings. The summed E-state index contributed by atoms with van der Waals surface area (Å²) >= 11 is 3.11. The predicted octanol–water partition coefficient (Wildman–Crippen LogP) is 2.72. The Labute approximate surface area is 147 Å². The van der Waals surface area contributed by atoms with Crippen LogP contribution in [0.1, 0.15) is 22.3 Å². The largest absolute Gasteiger partial charge is 0.466 e. The van der Waals surface area contributed by atoms with Crippen LogP contribution in [0.3, 0.4) is 0 Å². The summed E-state index contributed by atoms with van der Waals surface area (Å²) in [5, 5.41) is -0.222. The van der Waals surface area contributed by atoms with Gasteiger partial charge in [0, 0.05) is 13.1 Å². The minimum absolute atomic E-state index is 0.0789. The molecule has 2 fully saturated rings. The van der Waals surface area contributed by atoms with E-state index in [0.717, 1.165) is 11.5 Å². The summed E-state index contributed by atoms with van der Waals surface area (Å²) in [6, 6.07) is 7.41. The second-order valence-corrected chi connectivity index (χ2v) is 7.67. The number of rotatable bonds is 5. The topological polar surface area (TPSA) is 66.9 Å². The molecule has 2 aliphatic rings. The van der Waals surface area contributed by atoms with E-state index in [-0.39, 0.29) is 22.6 Å². The minimum Gasteiger partial charge on any atom is -0.466 e. The summed E-state index contributed by atoms with van der Waals surface area (Å²) < 4.78 is 10.9. The van der Waals surface area contributed by atoms with Crippen LogP contribution in [0.25, 0.3) is 0 Å². The van der Waals surface area contributed by atoms with E-state index < -0.39 is 0 Å². The molecule has 8 heteroatoms. The molecular formula is C16H16N2O4S2. The number of amides is 2. The van der Waals surface area contributed by atoms with Gasteiger partial charge in [-0.25, -0.2) is 0 Å². The van der Waals surface area contributed by atoms with Gasteiger partial charge in [0.1, 0.15) is 22.3 Å². The third kappa shape index (κ3) is 2.84. The number of hydrogen-bond acceptors (Lipinski definition) is 6. The third-order valence-corrected chi connectivity index (χ3v) is 6.52. The highest BCUT2D eigenvalue weighted by Crippen LogP contribution is 2.41. The van der Waals surface area contributed by atoms with Crippen molar-refractivity contribution < 1.29 is 18.4 Å². The smallest absolute Gasteiger partial charge is 0.233 e. The zero-order valence-corrected chi connectivity index (χ0v) is 14.4. The van der Waals surface area contributed by atoms with Crippen LogP contribution in [0, 0.1) is 0 Å². The molecule has 0 N–H and O–H groups in total. The van der Waals surface area contributed by atoms with Gasteiger partial charge >= 0.3 is 0 Å². The molecule has 0 spiro atoms. The van der Waals surface area contributed by atoms with E-state index in [1.807, 2.05) is 24.3 Å². The molecule has 2 saturated heterocycles. The monoisotopic (exact) mass is 364 g/mol. The lowest BCUT2D eigenvalue weighted by molar-refractivity contribution is -0.132. The zero-order valence-electron chi connectivity index (χ0n) is 12.8. The first kappa shape index (κ1) is 15.7. The number of carbonyl (C=O) groups is 2. The second-order valence-electron chi connectivity index (χ2n) is 5.53. The molecule has 2 aliphatic heterocycles. The van der Waals surface area contributed by atoms with Gasteiger partial charge in [-0.3, -0.25) is 9.59 Å². The van der Waals surface area contributed by atoms with Crippen LogP contribution in [0.2, 0.25) is 0 Å². The fraction of sp³-hybridized carbons (Fsp3) is 0.375. The first-order valence-electron chi connectivity index (χ1n) is 7.63. The summed E-state index contributed by atoms with van der Waals surface area (Å²) in [7, 11) is 0. The molecule has 0 unspecified atom stereocenters. The van der Waals surface area contributed by atoms with Crippen LogP contribution in [0.5, 0.6) is 0 Å². The Bertz CT molecular complexity index is 654. The molecule has 6 nitrogen and oxygen atoms in total. The van der Waals surface area contributed by atoms with Crippen molar-refractivity contribution in [1.82, 2.24) is 9.80 Å². The van der Waals surface area contributed by atoms with Gasteiger partial charge in [-0.05, 0) is 24.3 Å². The molecule has 2 amide bonds. The summed E-state index contributed by atoms with van der Waals surface area (Å²) in [4.78, 5) is 28.0. The third-order valence-electron chi connectivity index (χ3n) is 4.09. The predicted molar refractivity (Wildman–Crippen MR) is 91.2 cm³/mol. The highest BCUT2D eigenvalue weighted by atomic mass is 32.2. The molecule has 4 rings (SSSR count). The minimum atomic E-state index is -0.111. The normalized spacial score (nSPS) is 24.3. The van der Waals surface area contributed by atoms with E-state index in [9.17, 15) is 9.59 Å².